The predicted octanol–water partition coefficient (Wildman–Crippen LogP) is 3.84. The Morgan fingerprint density at radius 2 is 1.97 bits per heavy atom. The molecule has 7 nitrogen and oxygen atoms in total. The maximum atomic E-state index is 13.8. The van der Waals surface area contributed by atoms with Crippen molar-refractivity contribution in [3.8, 4) is 11.3 Å². The summed E-state index contributed by atoms with van der Waals surface area (Å²) in [6.07, 6.45) is 2.68. The van der Waals surface area contributed by atoms with Crippen molar-refractivity contribution in [1.29, 1.82) is 0 Å². The lowest BCUT2D eigenvalue weighted by Gasteiger charge is -2.43. The lowest BCUT2D eigenvalue weighted by molar-refractivity contribution is -0.126. The maximum absolute atomic E-state index is 13.8. The molecule has 0 saturated carbocycles. The SMILES string of the molecule is COCCCNC(=O)[C@@]1(C)Cn2nc(-c3ccccc3)cc2C(=O)N1c1cccc(SC)c1. The second-order valence-corrected chi connectivity index (χ2v) is 9.04. The number of fused-ring (bicyclic) bond motifs is 1. The van der Waals surface area contributed by atoms with Gasteiger partial charge in [0, 0.05) is 36.4 Å². The molecule has 3 aromatic rings. The van der Waals surface area contributed by atoms with E-state index in [0.717, 1.165) is 10.5 Å². The summed E-state index contributed by atoms with van der Waals surface area (Å²) in [5, 5.41) is 7.67. The number of rotatable bonds is 8. The molecular formula is C25H28N4O3S. The van der Waals surface area contributed by atoms with Crippen molar-refractivity contribution in [1.82, 2.24) is 15.1 Å². The van der Waals surface area contributed by atoms with Gasteiger partial charge in [0.05, 0.1) is 12.2 Å². The van der Waals surface area contributed by atoms with Gasteiger partial charge in [0.1, 0.15) is 11.2 Å². The van der Waals surface area contributed by atoms with Crippen LogP contribution in [-0.4, -0.2) is 53.7 Å². The quantitative estimate of drug-likeness (QED) is 0.405. The second kappa shape index (κ2) is 9.80. The van der Waals surface area contributed by atoms with Crippen LogP contribution in [0.1, 0.15) is 23.8 Å². The van der Waals surface area contributed by atoms with E-state index in [2.05, 4.69) is 10.4 Å². The van der Waals surface area contributed by atoms with Gasteiger partial charge in [-0.15, -0.1) is 11.8 Å². The van der Waals surface area contributed by atoms with Crippen molar-refractivity contribution < 1.29 is 14.3 Å². The van der Waals surface area contributed by atoms with Crippen LogP contribution in [0.5, 0.6) is 0 Å². The highest BCUT2D eigenvalue weighted by molar-refractivity contribution is 7.98. The van der Waals surface area contributed by atoms with E-state index >= 15 is 0 Å². The summed E-state index contributed by atoms with van der Waals surface area (Å²) in [5.74, 6) is -0.465. The van der Waals surface area contributed by atoms with Gasteiger partial charge in [0.2, 0.25) is 5.91 Å². The average molecular weight is 465 g/mol. The number of aromatic nitrogens is 2. The number of ether oxygens (including phenoxy) is 1. The van der Waals surface area contributed by atoms with E-state index in [4.69, 9.17) is 4.74 Å². The molecule has 0 radical (unpaired) electrons. The molecule has 1 N–H and O–H groups in total. The number of nitrogens with one attached hydrogen (secondary N) is 1. The van der Waals surface area contributed by atoms with Crippen molar-refractivity contribution in [3.05, 3.63) is 66.4 Å². The number of anilines is 1. The number of hydrogen-bond donors (Lipinski definition) is 1. The molecule has 0 fully saturated rings. The fourth-order valence-corrected chi connectivity index (χ4v) is 4.55. The second-order valence-electron chi connectivity index (χ2n) is 8.16. The third-order valence-corrected chi connectivity index (χ3v) is 6.56. The van der Waals surface area contributed by atoms with Crippen LogP contribution in [0.3, 0.4) is 0 Å². The van der Waals surface area contributed by atoms with Gasteiger partial charge >= 0.3 is 0 Å². The molecule has 8 heteroatoms. The summed E-state index contributed by atoms with van der Waals surface area (Å²) in [5.41, 5.74) is 1.65. The zero-order chi connectivity index (χ0) is 23.4. The van der Waals surface area contributed by atoms with Crippen LogP contribution >= 0.6 is 11.8 Å². The number of amides is 2. The molecule has 2 aromatic carbocycles. The zero-order valence-corrected chi connectivity index (χ0v) is 19.9. The van der Waals surface area contributed by atoms with E-state index in [1.165, 1.54) is 0 Å². The van der Waals surface area contributed by atoms with E-state index in [-0.39, 0.29) is 18.4 Å². The predicted molar refractivity (Wildman–Crippen MR) is 131 cm³/mol. The van der Waals surface area contributed by atoms with Gasteiger partial charge in [-0.05, 0) is 43.9 Å². The third-order valence-electron chi connectivity index (χ3n) is 5.83. The molecule has 33 heavy (non-hydrogen) atoms. The largest absolute Gasteiger partial charge is 0.385 e. The Balaban J connectivity index is 1.75. The summed E-state index contributed by atoms with van der Waals surface area (Å²) >= 11 is 1.59. The summed E-state index contributed by atoms with van der Waals surface area (Å²) in [6.45, 7) is 3.07. The summed E-state index contributed by atoms with van der Waals surface area (Å²) < 4.78 is 6.75. The minimum absolute atomic E-state index is 0.219. The Hall–Kier alpha value is -3.10. The molecule has 1 aromatic heterocycles. The Bertz CT molecular complexity index is 1150. The maximum Gasteiger partial charge on any atom is 0.277 e. The molecule has 2 amide bonds. The van der Waals surface area contributed by atoms with Gasteiger partial charge in [-0.2, -0.15) is 5.10 Å². The van der Waals surface area contributed by atoms with Gasteiger partial charge < -0.3 is 10.1 Å². The highest BCUT2D eigenvalue weighted by Gasteiger charge is 2.48. The van der Waals surface area contributed by atoms with Crippen LogP contribution in [-0.2, 0) is 16.1 Å². The van der Waals surface area contributed by atoms with Crippen LogP contribution in [0.15, 0.2) is 65.6 Å². The standard InChI is InChI=1S/C25H28N4O3S/c1-25(24(31)26-13-8-14-32-2)17-28-22(16-21(27-28)18-9-5-4-6-10-18)23(30)29(25)19-11-7-12-20(15-19)33-3/h4-7,9-12,15-16H,8,13-14,17H2,1-3H3,(H,26,31)/t25-/m1/s1. The molecule has 1 aliphatic rings. The fourth-order valence-electron chi connectivity index (χ4n) is 4.09. The highest BCUT2D eigenvalue weighted by atomic mass is 32.2. The molecule has 0 aliphatic carbocycles. The van der Waals surface area contributed by atoms with Gasteiger partial charge in [0.15, 0.2) is 0 Å². The molecular weight excluding hydrogens is 436 g/mol. The van der Waals surface area contributed by atoms with E-state index in [1.54, 1.807) is 41.4 Å². The van der Waals surface area contributed by atoms with Crippen LogP contribution in [0.4, 0.5) is 5.69 Å². The molecule has 0 bridgehead atoms. The normalized spacial score (nSPS) is 17.7. The number of thioether (sulfide) groups is 1. The Labute approximate surface area is 198 Å². The molecule has 1 atom stereocenters. The van der Waals surface area contributed by atoms with Crippen LogP contribution in [0, 0.1) is 0 Å². The first-order valence-corrected chi connectivity index (χ1v) is 12.1. The first kappa shape index (κ1) is 23.1. The minimum atomic E-state index is -1.14. The molecule has 2 heterocycles. The smallest absolute Gasteiger partial charge is 0.277 e. The number of nitrogens with zero attached hydrogens (tertiary/aromatic N) is 3. The van der Waals surface area contributed by atoms with Crippen molar-refractivity contribution in [2.24, 2.45) is 0 Å². The third kappa shape index (κ3) is 4.54. The van der Waals surface area contributed by atoms with E-state index < -0.39 is 5.54 Å². The van der Waals surface area contributed by atoms with Crippen molar-refractivity contribution >= 4 is 29.3 Å². The molecule has 172 valence electrons. The monoisotopic (exact) mass is 464 g/mol. The molecule has 1 aliphatic heterocycles. The molecule has 0 saturated heterocycles. The van der Waals surface area contributed by atoms with E-state index in [1.807, 2.05) is 60.9 Å². The number of hydrogen-bond acceptors (Lipinski definition) is 5. The Kier molecular flexibility index (Phi) is 6.85. The molecule has 4 rings (SSSR count). The first-order valence-electron chi connectivity index (χ1n) is 10.9. The number of carbonyl (C=O) groups is 2. The van der Waals surface area contributed by atoms with Crippen molar-refractivity contribution in [2.75, 3.05) is 31.4 Å². The van der Waals surface area contributed by atoms with Crippen molar-refractivity contribution in [2.45, 2.75) is 30.3 Å². The average Bonchev–Trinajstić information content (AvgIpc) is 3.26. The lowest BCUT2D eigenvalue weighted by Crippen LogP contribution is -2.64. The van der Waals surface area contributed by atoms with Gasteiger partial charge in [-0.25, -0.2) is 0 Å². The number of methoxy groups -OCH3 is 1. The van der Waals surface area contributed by atoms with Gasteiger partial charge in [-0.1, -0.05) is 36.4 Å². The summed E-state index contributed by atoms with van der Waals surface area (Å²) in [7, 11) is 1.63. The van der Waals surface area contributed by atoms with Crippen LogP contribution in [0.2, 0.25) is 0 Å². The van der Waals surface area contributed by atoms with Crippen LogP contribution in [0.25, 0.3) is 11.3 Å². The van der Waals surface area contributed by atoms with E-state index in [0.29, 0.717) is 36.6 Å². The van der Waals surface area contributed by atoms with Gasteiger partial charge in [-0.3, -0.25) is 19.2 Å². The minimum Gasteiger partial charge on any atom is -0.385 e. The summed E-state index contributed by atoms with van der Waals surface area (Å²) in [6, 6.07) is 19.3. The fraction of sp³-hybridized carbons (Fsp3) is 0.320. The molecule has 0 spiro atoms. The summed E-state index contributed by atoms with van der Waals surface area (Å²) in [4.78, 5) is 29.9. The lowest BCUT2D eigenvalue weighted by atomic mass is 9.94. The Morgan fingerprint density at radius 3 is 2.70 bits per heavy atom. The molecule has 0 unspecified atom stereocenters. The number of carbonyl (C=O) groups excluding carboxylic acids is 2. The highest BCUT2D eigenvalue weighted by Crippen LogP contribution is 2.35. The topological polar surface area (TPSA) is 76.5 Å². The van der Waals surface area contributed by atoms with Crippen LogP contribution < -0.4 is 10.2 Å². The Morgan fingerprint density at radius 1 is 1.18 bits per heavy atom. The van der Waals surface area contributed by atoms with Crippen molar-refractivity contribution in [3.63, 3.8) is 0 Å². The van der Waals surface area contributed by atoms with E-state index in [9.17, 15) is 9.59 Å². The zero-order valence-electron chi connectivity index (χ0n) is 19.1. The number of benzene rings is 2. The van der Waals surface area contributed by atoms with Gasteiger partial charge in [0.25, 0.3) is 5.91 Å². The first-order chi connectivity index (χ1) is 16.0.